The van der Waals surface area contributed by atoms with E-state index in [2.05, 4.69) is 5.32 Å². The summed E-state index contributed by atoms with van der Waals surface area (Å²) in [5, 5.41) is 2.64. The van der Waals surface area contributed by atoms with Crippen LogP contribution in [0.2, 0.25) is 0 Å². The van der Waals surface area contributed by atoms with E-state index in [-0.39, 0.29) is 11.6 Å². The van der Waals surface area contributed by atoms with Crippen LogP contribution in [0.25, 0.3) is 5.57 Å². The van der Waals surface area contributed by atoms with Gasteiger partial charge in [-0.05, 0) is 44.4 Å². The molecule has 0 bridgehead atoms. The zero-order chi connectivity index (χ0) is 17.5. The van der Waals surface area contributed by atoms with Crippen LogP contribution in [0, 0.1) is 17.0 Å². The van der Waals surface area contributed by atoms with Gasteiger partial charge in [-0.2, -0.15) is 0 Å². The average Bonchev–Trinajstić information content (AvgIpc) is 2.65. The van der Waals surface area contributed by atoms with Crippen molar-refractivity contribution in [2.75, 3.05) is 5.32 Å². The van der Waals surface area contributed by atoms with Crippen LogP contribution in [-0.2, 0) is 4.79 Å². The molecule has 1 N–H and O–H groups in total. The van der Waals surface area contributed by atoms with Gasteiger partial charge < -0.3 is 5.32 Å². The molecule has 0 radical (unpaired) electrons. The first kappa shape index (κ1) is 17.4. The van der Waals surface area contributed by atoms with Crippen LogP contribution in [0.1, 0.15) is 53.5 Å². The van der Waals surface area contributed by atoms with Gasteiger partial charge >= 0.3 is 0 Å². The van der Waals surface area contributed by atoms with E-state index in [9.17, 15) is 13.6 Å². The molecule has 124 valence electrons. The number of hydrogen-bond acceptors (Lipinski definition) is 1. The minimum atomic E-state index is -0.754. The van der Waals surface area contributed by atoms with Crippen molar-refractivity contribution < 1.29 is 13.6 Å². The van der Waals surface area contributed by atoms with E-state index >= 15 is 0 Å². The Morgan fingerprint density at radius 2 is 1.70 bits per heavy atom. The minimum Gasteiger partial charge on any atom is -0.323 e. The third-order valence-corrected chi connectivity index (χ3v) is 4.22. The predicted octanol–water partition coefficient (Wildman–Crippen LogP) is 5.46. The third kappa shape index (κ3) is 3.36. The normalized spacial score (nSPS) is 15.5. The summed E-state index contributed by atoms with van der Waals surface area (Å²) in [6, 6.07) is 2.10. The lowest BCUT2D eigenvalue weighted by atomic mass is 9.93. The van der Waals surface area contributed by atoms with Crippen LogP contribution in [0.3, 0.4) is 0 Å². The second-order valence-corrected chi connectivity index (χ2v) is 7.25. The van der Waals surface area contributed by atoms with Crippen molar-refractivity contribution >= 4 is 17.2 Å². The predicted molar refractivity (Wildman–Crippen MR) is 90.0 cm³/mol. The van der Waals surface area contributed by atoms with Crippen LogP contribution in [0.4, 0.5) is 14.5 Å². The number of allylic oxidation sites excluding steroid dienone is 4. The molecule has 0 aliphatic heterocycles. The Balaban J connectivity index is 2.61. The third-order valence-electron chi connectivity index (χ3n) is 4.22. The van der Waals surface area contributed by atoms with Crippen molar-refractivity contribution in [3.05, 3.63) is 46.0 Å². The molecule has 2 nitrogen and oxygen atoms in total. The summed E-state index contributed by atoms with van der Waals surface area (Å²) in [6.45, 7) is 11.2. The molecule has 0 spiro atoms. The number of carbonyl (C=O) groups is 1. The summed E-state index contributed by atoms with van der Waals surface area (Å²) in [5.41, 5.74) is 3.86. The van der Waals surface area contributed by atoms with Gasteiger partial charge in [0.1, 0.15) is 11.6 Å². The van der Waals surface area contributed by atoms with E-state index in [0.717, 1.165) is 29.2 Å². The lowest BCUT2D eigenvalue weighted by Crippen LogP contribution is -2.28. The summed E-state index contributed by atoms with van der Waals surface area (Å²) in [5.74, 6) is -1.71. The molecule has 0 aromatic heterocycles. The quantitative estimate of drug-likeness (QED) is 0.770. The molecule has 1 amide bonds. The van der Waals surface area contributed by atoms with Crippen molar-refractivity contribution in [1.29, 1.82) is 0 Å². The maximum absolute atomic E-state index is 14.4. The highest BCUT2D eigenvalue weighted by atomic mass is 19.1. The minimum absolute atomic E-state index is 0.0507. The summed E-state index contributed by atoms with van der Waals surface area (Å²) < 4.78 is 28.2. The molecule has 2 rings (SSSR count). The number of rotatable bonds is 2. The number of hydrogen-bond donors (Lipinski definition) is 1. The van der Waals surface area contributed by atoms with Gasteiger partial charge in [0.2, 0.25) is 5.91 Å². The molecule has 0 fully saturated rings. The van der Waals surface area contributed by atoms with Crippen molar-refractivity contribution in [1.82, 2.24) is 0 Å². The van der Waals surface area contributed by atoms with Crippen LogP contribution >= 0.6 is 0 Å². The molecule has 1 aromatic carbocycles. The topological polar surface area (TPSA) is 29.1 Å². The second kappa shape index (κ2) is 5.91. The highest BCUT2D eigenvalue weighted by Crippen LogP contribution is 2.42. The van der Waals surface area contributed by atoms with Crippen molar-refractivity contribution in [2.45, 2.75) is 48.0 Å². The molecule has 23 heavy (non-hydrogen) atoms. The van der Waals surface area contributed by atoms with Crippen molar-refractivity contribution in [2.24, 2.45) is 5.41 Å². The van der Waals surface area contributed by atoms with Gasteiger partial charge in [0.25, 0.3) is 0 Å². The summed E-state index contributed by atoms with van der Waals surface area (Å²) >= 11 is 0. The fourth-order valence-electron chi connectivity index (χ4n) is 2.78. The molecule has 1 aliphatic carbocycles. The molecular formula is C19H23F2NO. The lowest BCUT2D eigenvalue weighted by molar-refractivity contribution is -0.123. The van der Waals surface area contributed by atoms with Crippen molar-refractivity contribution in [3.63, 3.8) is 0 Å². The number of amides is 1. The number of benzene rings is 1. The Morgan fingerprint density at radius 1 is 1.09 bits per heavy atom. The van der Waals surface area contributed by atoms with Crippen LogP contribution < -0.4 is 5.32 Å². The van der Waals surface area contributed by atoms with Gasteiger partial charge in [0.15, 0.2) is 0 Å². The molecule has 0 unspecified atom stereocenters. The first-order valence-electron chi connectivity index (χ1n) is 7.69. The standard InChI is InChI=1S/C19H23F2NO/c1-10-7-11(2)16(12(10)3)14-8-13(20)9-15(21)17(14)22-18(23)19(4,5)6/h8-9H,7H2,1-6H3,(H,22,23). The summed E-state index contributed by atoms with van der Waals surface area (Å²) in [4.78, 5) is 12.3. The fourth-order valence-corrected chi connectivity index (χ4v) is 2.78. The Bertz CT molecular complexity index is 736. The first-order valence-corrected chi connectivity index (χ1v) is 7.69. The summed E-state index contributed by atoms with van der Waals surface area (Å²) in [7, 11) is 0. The zero-order valence-corrected chi connectivity index (χ0v) is 14.5. The maximum Gasteiger partial charge on any atom is 0.229 e. The highest BCUT2D eigenvalue weighted by Gasteiger charge is 2.27. The first-order chi connectivity index (χ1) is 10.5. The summed E-state index contributed by atoms with van der Waals surface area (Å²) in [6.07, 6.45) is 0.784. The van der Waals surface area contributed by atoms with Gasteiger partial charge in [-0.1, -0.05) is 31.9 Å². The molecule has 1 aromatic rings. The van der Waals surface area contributed by atoms with Crippen molar-refractivity contribution in [3.8, 4) is 0 Å². The van der Waals surface area contributed by atoms with Crippen LogP contribution in [-0.4, -0.2) is 5.91 Å². The van der Waals surface area contributed by atoms with Crippen LogP contribution in [0.15, 0.2) is 28.9 Å². The van der Waals surface area contributed by atoms with Gasteiger partial charge in [-0.15, -0.1) is 0 Å². The molecule has 0 saturated heterocycles. The average molecular weight is 319 g/mol. The lowest BCUT2D eigenvalue weighted by Gasteiger charge is -2.21. The van der Waals surface area contributed by atoms with Gasteiger partial charge in [-0.25, -0.2) is 8.78 Å². The van der Waals surface area contributed by atoms with E-state index in [1.807, 2.05) is 20.8 Å². The largest absolute Gasteiger partial charge is 0.323 e. The number of carbonyl (C=O) groups excluding carboxylic acids is 1. The fraction of sp³-hybridized carbons (Fsp3) is 0.421. The van der Waals surface area contributed by atoms with Crippen LogP contribution in [0.5, 0.6) is 0 Å². The Morgan fingerprint density at radius 3 is 2.17 bits per heavy atom. The van der Waals surface area contributed by atoms with Gasteiger partial charge in [-0.3, -0.25) is 4.79 Å². The highest BCUT2D eigenvalue weighted by molar-refractivity contribution is 5.99. The van der Waals surface area contributed by atoms with E-state index in [0.29, 0.717) is 5.56 Å². The number of halogens is 2. The second-order valence-electron chi connectivity index (χ2n) is 7.25. The monoisotopic (exact) mass is 319 g/mol. The van der Waals surface area contributed by atoms with Gasteiger partial charge in [0, 0.05) is 17.0 Å². The molecule has 0 atom stereocenters. The van der Waals surface area contributed by atoms with E-state index in [1.165, 1.54) is 11.6 Å². The SMILES string of the molecule is CC1=C(C)C(c2cc(F)cc(F)c2NC(=O)C(C)(C)C)=C(C)C1. The Hall–Kier alpha value is -1.97. The number of anilines is 1. The Labute approximate surface area is 136 Å². The zero-order valence-electron chi connectivity index (χ0n) is 14.5. The maximum atomic E-state index is 14.4. The van der Waals surface area contributed by atoms with E-state index < -0.39 is 17.0 Å². The van der Waals surface area contributed by atoms with Gasteiger partial charge in [0.05, 0.1) is 5.69 Å². The van der Waals surface area contributed by atoms with E-state index in [4.69, 9.17) is 0 Å². The smallest absolute Gasteiger partial charge is 0.229 e. The number of nitrogens with one attached hydrogen (secondary N) is 1. The van der Waals surface area contributed by atoms with E-state index in [1.54, 1.807) is 20.8 Å². The molecule has 4 heteroatoms. The molecule has 0 saturated carbocycles. The Kier molecular flexibility index (Phi) is 4.47. The molecular weight excluding hydrogens is 296 g/mol. The molecule has 1 aliphatic rings. The molecule has 0 heterocycles.